The lowest BCUT2D eigenvalue weighted by Crippen LogP contribution is -2.28. The summed E-state index contributed by atoms with van der Waals surface area (Å²) in [4.78, 5) is 26.6. The van der Waals surface area contributed by atoms with Crippen LogP contribution in [0, 0.1) is 0 Å². The van der Waals surface area contributed by atoms with E-state index in [2.05, 4.69) is 31.9 Å². The minimum absolute atomic E-state index is 0.297. The Kier molecular flexibility index (Phi) is 13.5. The molecule has 0 heterocycles. The van der Waals surface area contributed by atoms with E-state index in [4.69, 9.17) is 28.4 Å². The van der Waals surface area contributed by atoms with Crippen LogP contribution in [0.3, 0.4) is 0 Å². The molecule has 0 N–H and O–H groups in total. The Morgan fingerprint density at radius 3 is 1.23 bits per heavy atom. The summed E-state index contributed by atoms with van der Waals surface area (Å²) in [5.41, 5.74) is 2.83. The summed E-state index contributed by atoms with van der Waals surface area (Å²) in [5, 5.41) is 0. The van der Waals surface area contributed by atoms with Crippen LogP contribution in [0.15, 0.2) is 93.9 Å². The SMILES string of the molecule is COc1ccc(CC[C@H](C[C@@H](CCc2ccc(OC)c(OC)c2)OC(=O)c2ccc(Br)cc2)OC(=O)c2ccc(Br)cc2)cc1OC. The minimum atomic E-state index is -0.563. The van der Waals surface area contributed by atoms with Crippen molar-refractivity contribution in [2.75, 3.05) is 28.4 Å². The van der Waals surface area contributed by atoms with Gasteiger partial charge < -0.3 is 28.4 Å². The lowest BCUT2D eigenvalue weighted by atomic mass is 9.98. The summed E-state index contributed by atoms with van der Waals surface area (Å²) in [7, 11) is 6.36. The molecule has 4 rings (SSSR count). The molecule has 0 unspecified atom stereocenters. The Labute approximate surface area is 292 Å². The largest absolute Gasteiger partial charge is 0.493 e. The Morgan fingerprint density at radius 1 is 0.532 bits per heavy atom. The van der Waals surface area contributed by atoms with Crippen molar-refractivity contribution in [1.82, 2.24) is 0 Å². The molecule has 0 radical (unpaired) electrons. The number of rotatable bonds is 16. The van der Waals surface area contributed by atoms with Crippen molar-refractivity contribution in [2.45, 2.75) is 44.3 Å². The third kappa shape index (κ3) is 10.5. The summed E-state index contributed by atoms with van der Waals surface area (Å²) >= 11 is 6.83. The first-order chi connectivity index (χ1) is 22.7. The van der Waals surface area contributed by atoms with Gasteiger partial charge in [0.05, 0.1) is 39.6 Å². The van der Waals surface area contributed by atoms with Gasteiger partial charge in [0.15, 0.2) is 23.0 Å². The highest BCUT2D eigenvalue weighted by atomic mass is 79.9. The zero-order chi connectivity index (χ0) is 33.8. The molecule has 0 saturated carbocycles. The molecule has 0 bridgehead atoms. The normalized spacial score (nSPS) is 12.0. The summed E-state index contributed by atoms with van der Waals surface area (Å²) in [5.74, 6) is 1.59. The maximum absolute atomic E-state index is 13.3. The van der Waals surface area contributed by atoms with Crippen LogP contribution in [0.5, 0.6) is 23.0 Å². The lowest BCUT2D eigenvalue weighted by Gasteiger charge is -2.25. The van der Waals surface area contributed by atoms with Gasteiger partial charge in [0.1, 0.15) is 12.2 Å². The van der Waals surface area contributed by atoms with Crippen molar-refractivity contribution in [2.24, 2.45) is 0 Å². The Balaban J connectivity index is 1.59. The van der Waals surface area contributed by atoms with E-state index in [1.54, 1.807) is 77.0 Å². The van der Waals surface area contributed by atoms with Gasteiger partial charge in [-0.25, -0.2) is 9.59 Å². The summed E-state index contributed by atoms with van der Waals surface area (Å²) < 4.78 is 35.7. The van der Waals surface area contributed by atoms with E-state index in [-0.39, 0.29) is 0 Å². The van der Waals surface area contributed by atoms with Crippen LogP contribution in [0.4, 0.5) is 0 Å². The average molecular weight is 771 g/mol. The van der Waals surface area contributed by atoms with E-state index in [0.29, 0.717) is 66.2 Å². The van der Waals surface area contributed by atoms with Crippen molar-refractivity contribution in [3.05, 3.63) is 116 Å². The molecule has 0 aliphatic rings. The van der Waals surface area contributed by atoms with Gasteiger partial charge in [-0.15, -0.1) is 0 Å². The predicted molar refractivity (Wildman–Crippen MR) is 187 cm³/mol. The molecule has 2 atom stereocenters. The fraction of sp³-hybridized carbons (Fsp3) is 0.297. The molecule has 248 valence electrons. The monoisotopic (exact) mass is 768 g/mol. The van der Waals surface area contributed by atoms with Gasteiger partial charge in [-0.2, -0.15) is 0 Å². The van der Waals surface area contributed by atoms with Gasteiger partial charge in [0.2, 0.25) is 0 Å². The fourth-order valence-electron chi connectivity index (χ4n) is 5.08. The molecule has 0 aliphatic carbocycles. The molecular formula is C37H38Br2O8. The number of methoxy groups -OCH3 is 4. The van der Waals surface area contributed by atoms with E-state index in [9.17, 15) is 9.59 Å². The van der Waals surface area contributed by atoms with Gasteiger partial charge in [-0.3, -0.25) is 0 Å². The number of hydrogen-bond acceptors (Lipinski definition) is 8. The number of carbonyl (C=O) groups excluding carboxylic acids is 2. The molecule has 0 aromatic heterocycles. The zero-order valence-corrected chi connectivity index (χ0v) is 30.0. The number of aryl methyl sites for hydroxylation is 2. The third-order valence-corrected chi connectivity index (χ3v) is 8.70. The second-order valence-corrected chi connectivity index (χ2v) is 12.6. The molecular weight excluding hydrogens is 732 g/mol. The van der Waals surface area contributed by atoms with E-state index in [1.165, 1.54) is 0 Å². The number of halogens is 2. The van der Waals surface area contributed by atoms with Crippen LogP contribution in [-0.2, 0) is 22.3 Å². The highest BCUT2D eigenvalue weighted by Gasteiger charge is 2.25. The number of carbonyl (C=O) groups is 2. The number of benzene rings is 4. The van der Waals surface area contributed by atoms with Gasteiger partial charge in [0, 0.05) is 15.4 Å². The van der Waals surface area contributed by atoms with Crippen LogP contribution in [0.1, 0.15) is 51.1 Å². The third-order valence-electron chi connectivity index (χ3n) is 7.64. The topological polar surface area (TPSA) is 89.5 Å². The molecule has 0 fully saturated rings. The van der Waals surface area contributed by atoms with E-state index in [0.717, 1.165) is 20.1 Å². The van der Waals surface area contributed by atoms with Gasteiger partial charge in [-0.1, -0.05) is 44.0 Å². The molecule has 4 aromatic carbocycles. The van der Waals surface area contributed by atoms with E-state index < -0.39 is 24.1 Å². The van der Waals surface area contributed by atoms with E-state index >= 15 is 0 Å². The second-order valence-electron chi connectivity index (χ2n) is 10.8. The summed E-state index contributed by atoms with van der Waals surface area (Å²) in [6.45, 7) is 0. The molecule has 0 amide bonds. The van der Waals surface area contributed by atoms with Gasteiger partial charge in [0.25, 0.3) is 0 Å². The zero-order valence-electron chi connectivity index (χ0n) is 26.8. The fourth-order valence-corrected chi connectivity index (χ4v) is 5.61. The van der Waals surface area contributed by atoms with Crippen molar-refractivity contribution in [1.29, 1.82) is 0 Å². The van der Waals surface area contributed by atoms with Crippen LogP contribution in [-0.4, -0.2) is 52.6 Å². The number of hydrogen-bond donors (Lipinski definition) is 0. The van der Waals surface area contributed by atoms with Crippen molar-refractivity contribution in [3.63, 3.8) is 0 Å². The van der Waals surface area contributed by atoms with Crippen LogP contribution < -0.4 is 18.9 Å². The molecule has 8 nitrogen and oxygen atoms in total. The molecule has 0 spiro atoms. The standard InChI is InChI=1S/C37H38Br2O8/c1-42-32-19-7-24(21-34(32)44-3)5-17-30(46-36(40)26-9-13-28(38)14-10-26)23-31(47-37(41)27-11-15-29(39)16-12-27)18-6-25-8-20-33(43-2)35(22-25)45-4/h7-16,19-22,30-31H,5-6,17-18,23H2,1-4H3/t30-,31-/m1/s1. The van der Waals surface area contributed by atoms with Crippen LogP contribution in [0.2, 0.25) is 0 Å². The lowest BCUT2D eigenvalue weighted by molar-refractivity contribution is -0.00379. The van der Waals surface area contributed by atoms with Crippen molar-refractivity contribution < 1.29 is 38.0 Å². The molecule has 0 saturated heterocycles. The maximum Gasteiger partial charge on any atom is 0.338 e. The summed E-state index contributed by atoms with van der Waals surface area (Å²) in [6, 6.07) is 25.4. The highest BCUT2D eigenvalue weighted by Crippen LogP contribution is 2.30. The van der Waals surface area contributed by atoms with Crippen molar-refractivity contribution >= 4 is 43.8 Å². The Morgan fingerprint density at radius 2 is 0.894 bits per heavy atom. The van der Waals surface area contributed by atoms with Crippen LogP contribution in [0.25, 0.3) is 0 Å². The number of ether oxygens (including phenoxy) is 6. The smallest absolute Gasteiger partial charge is 0.338 e. The van der Waals surface area contributed by atoms with E-state index in [1.807, 2.05) is 36.4 Å². The van der Waals surface area contributed by atoms with Gasteiger partial charge in [-0.05, 0) is 110 Å². The maximum atomic E-state index is 13.3. The number of esters is 2. The van der Waals surface area contributed by atoms with Crippen LogP contribution >= 0.6 is 31.9 Å². The first-order valence-electron chi connectivity index (χ1n) is 15.1. The predicted octanol–water partition coefficient (Wildman–Crippen LogP) is 8.65. The Bertz CT molecular complexity index is 1500. The summed E-state index contributed by atoms with van der Waals surface area (Å²) in [6.07, 6.45) is 1.31. The minimum Gasteiger partial charge on any atom is -0.493 e. The quantitative estimate of drug-likeness (QED) is 0.105. The highest BCUT2D eigenvalue weighted by molar-refractivity contribution is 9.10. The molecule has 4 aromatic rings. The van der Waals surface area contributed by atoms with Gasteiger partial charge >= 0.3 is 11.9 Å². The van der Waals surface area contributed by atoms with Crippen molar-refractivity contribution in [3.8, 4) is 23.0 Å². The second kappa shape index (κ2) is 17.8. The Hall–Kier alpha value is -4.02. The molecule has 47 heavy (non-hydrogen) atoms. The average Bonchev–Trinajstić information content (AvgIpc) is 3.09. The molecule has 0 aliphatic heterocycles. The first-order valence-corrected chi connectivity index (χ1v) is 16.7. The first kappa shape index (κ1) is 35.8. The molecule has 10 heteroatoms.